The minimum Gasteiger partial charge on any atom is -0.481 e. The molecular formula is C14H17NO4S. The molecular weight excluding hydrogens is 278 g/mol. The fourth-order valence-electron chi connectivity index (χ4n) is 2.43. The van der Waals surface area contributed by atoms with E-state index < -0.39 is 11.9 Å². The van der Waals surface area contributed by atoms with Gasteiger partial charge in [0.05, 0.1) is 10.8 Å². The Balaban J connectivity index is 1.84. The second-order valence-corrected chi connectivity index (χ2v) is 6.07. The van der Waals surface area contributed by atoms with E-state index >= 15 is 0 Å². The number of rotatable bonds is 5. The van der Waals surface area contributed by atoms with E-state index in [-0.39, 0.29) is 37.0 Å². The van der Waals surface area contributed by atoms with Crippen molar-refractivity contribution in [1.29, 1.82) is 0 Å². The number of thiophene rings is 1. The van der Waals surface area contributed by atoms with Gasteiger partial charge in [-0.1, -0.05) is 13.0 Å². The first-order chi connectivity index (χ1) is 9.49. The zero-order valence-corrected chi connectivity index (χ0v) is 12.1. The van der Waals surface area contributed by atoms with Gasteiger partial charge in [0, 0.05) is 25.9 Å². The molecule has 108 valence electrons. The number of ketones is 1. The number of Topliss-reactive ketones (excluding diaryl/α,β-unsaturated/α-hetero) is 1. The smallest absolute Gasteiger partial charge is 0.308 e. The highest BCUT2D eigenvalue weighted by Gasteiger charge is 2.36. The SMILES string of the molecule is C[C@@H]1CN(C(=O)CCC(=O)c2cccs2)C[C@H]1C(=O)O. The summed E-state index contributed by atoms with van der Waals surface area (Å²) < 4.78 is 0. The number of nitrogens with zero attached hydrogens (tertiary/aromatic N) is 1. The monoisotopic (exact) mass is 295 g/mol. The Morgan fingerprint density at radius 1 is 1.35 bits per heavy atom. The van der Waals surface area contributed by atoms with Crippen LogP contribution in [-0.4, -0.2) is 40.8 Å². The van der Waals surface area contributed by atoms with Crippen LogP contribution in [0.25, 0.3) is 0 Å². The van der Waals surface area contributed by atoms with E-state index in [0.29, 0.717) is 11.4 Å². The third-order valence-corrected chi connectivity index (χ3v) is 4.56. The molecule has 1 saturated heterocycles. The quantitative estimate of drug-likeness (QED) is 0.842. The first kappa shape index (κ1) is 14.7. The third-order valence-electron chi connectivity index (χ3n) is 3.64. The second kappa shape index (κ2) is 6.17. The van der Waals surface area contributed by atoms with Gasteiger partial charge in [0.1, 0.15) is 0 Å². The molecule has 0 aromatic carbocycles. The Morgan fingerprint density at radius 2 is 2.10 bits per heavy atom. The standard InChI is InChI=1S/C14H17NO4S/c1-9-7-15(8-10(9)14(18)19)13(17)5-4-11(16)12-3-2-6-20-12/h2-3,6,9-10H,4-5,7-8H2,1H3,(H,18,19)/t9-,10-/m1/s1. The summed E-state index contributed by atoms with van der Waals surface area (Å²) >= 11 is 1.37. The molecule has 5 nitrogen and oxygen atoms in total. The van der Waals surface area contributed by atoms with Crippen LogP contribution in [0.1, 0.15) is 29.4 Å². The maximum atomic E-state index is 12.0. The molecule has 0 saturated carbocycles. The Bertz CT molecular complexity index is 511. The van der Waals surface area contributed by atoms with Crippen LogP contribution < -0.4 is 0 Å². The highest BCUT2D eigenvalue weighted by molar-refractivity contribution is 7.12. The molecule has 2 rings (SSSR count). The number of hydrogen-bond acceptors (Lipinski definition) is 4. The Morgan fingerprint density at radius 3 is 2.65 bits per heavy atom. The molecule has 1 aliphatic rings. The first-order valence-corrected chi connectivity index (χ1v) is 7.44. The lowest BCUT2D eigenvalue weighted by molar-refractivity contribution is -0.142. The van der Waals surface area contributed by atoms with E-state index in [1.54, 1.807) is 17.0 Å². The molecule has 1 aromatic rings. The summed E-state index contributed by atoms with van der Waals surface area (Å²) in [5.41, 5.74) is 0. The fourth-order valence-corrected chi connectivity index (χ4v) is 3.13. The number of likely N-dealkylation sites (tertiary alicyclic amines) is 1. The molecule has 1 fully saturated rings. The topological polar surface area (TPSA) is 74.7 Å². The van der Waals surface area contributed by atoms with E-state index in [9.17, 15) is 14.4 Å². The summed E-state index contributed by atoms with van der Waals surface area (Å²) in [7, 11) is 0. The molecule has 0 bridgehead atoms. The van der Waals surface area contributed by atoms with E-state index in [0.717, 1.165) is 0 Å². The molecule has 1 amide bonds. The molecule has 0 spiro atoms. The summed E-state index contributed by atoms with van der Waals surface area (Å²) in [5, 5.41) is 10.9. The lowest BCUT2D eigenvalue weighted by Crippen LogP contribution is -2.30. The lowest BCUT2D eigenvalue weighted by Gasteiger charge is -2.15. The Labute approximate surface area is 121 Å². The number of aliphatic carboxylic acids is 1. The van der Waals surface area contributed by atoms with Gasteiger partial charge in [-0.2, -0.15) is 0 Å². The van der Waals surface area contributed by atoms with Crippen molar-refractivity contribution in [2.45, 2.75) is 19.8 Å². The number of carbonyl (C=O) groups excluding carboxylic acids is 2. The van der Waals surface area contributed by atoms with Crippen LogP contribution in [0.4, 0.5) is 0 Å². The van der Waals surface area contributed by atoms with Gasteiger partial charge in [-0.3, -0.25) is 14.4 Å². The zero-order chi connectivity index (χ0) is 14.7. The van der Waals surface area contributed by atoms with Crippen molar-refractivity contribution in [2.75, 3.05) is 13.1 Å². The van der Waals surface area contributed by atoms with Crippen molar-refractivity contribution in [2.24, 2.45) is 11.8 Å². The fraction of sp³-hybridized carbons (Fsp3) is 0.500. The molecule has 1 aromatic heterocycles. The molecule has 1 N–H and O–H groups in total. The summed E-state index contributed by atoms with van der Waals surface area (Å²) in [6, 6.07) is 3.55. The number of amides is 1. The number of hydrogen-bond donors (Lipinski definition) is 1. The van der Waals surface area contributed by atoms with Gasteiger partial charge >= 0.3 is 5.97 Å². The van der Waals surface area contributed by atoms with Gasteiger partial charge < -0.3 is 10.0 Å². The molecule has 1 aliphatic heterocycles. The minimum absolute atomic E-state index is 0.0321. The Kier molecular flexibility index (Phi) is 4.54. The maximum Gasteiger partial charge on any atom is 0.308 e. The number of carboxylic acids is 1. The van der Waals surface area contributed by atoms with E-state index in [2.05, 4.69) is 0 Å². The van der Waals surface area contributed by atoms with Gasteiger partial charge in [-0.15, -0.1) is 11.3 Å². The first-order valence-electron chi connectivity index (χ1n) is 6.56. The van der Waals surface area contributed by atoms with Crippen LogP contribution in [-0.2, 0) is 9.59 Å². The molecule has 20 heavy (non-hydrogen) atoms. The van der Waals surface area contributed by atoms with Gasteiger partial charge in [0.25, 0.3) is 0 Å². The van der Waals surface area contributed by atoms with Crippen LogP contribution in [0.5, 0.6) is 0 Å². The molecule has 2 atom stereocenters. The molecule has 0 radical (unpaired) electrons. The highest BCUT2D eigenvalue weighted by Crippen LogP contribution is 2.24. The summed E-state index contributed by atoms with van der Waals surface area (Å²) in [4.78, 5) is 37.1. The van der Waals surface area contributed by atoms with Gasteiger partial charge in [-0.05, 0) is 17.4 Å². The third kappa shape index (κ3) is 3.25. The van der Waals surface area contributed by atoms with Gasteiger partial charge in [-0.25, -0.2) is 0 Å². The van der Waals surface area contributed by atoms with Gasteiger partial charge in [0.2, 0.25) is 5.91 Å². The van der Waals surface area contributed by atoms with Gasteiger partial charge in [0.15, 0.2) is 5.78 Å². The van der Waals surface area contributed by atoms with Crippen molar-refractivity contribution in [3.8, 4) is 0 Å². The number of carbonyl (C=O) groups is 3. The predicted octanol–water partition coefficient (Wildman–Crippen LogP) is 1.89. The predicted molar refractivity (Wildman–Crippen MR) is 74.8 cm³/mol. The Hall–Kier alpha value is -1.69. The van der Waals surface area contributed by atoms with E-state index in [1.165, 1.54) is 11.3 Å². The molecule has 0 aliphatic carbocycles. The van der Waals surface area contributed by atoms with Crippen LogP contribution in [0.2, 0.25) is 0 Å². The summed E-state index contributed by atoms with van der Waals surface area (Å²) in [6.07, 6.45) is 0.331. The average Bonchev–Trinajstić information content (AvgIpc) is 3.04. The van der Waals surface area contributed by atoms with Crippen LogP contribution >= 0.6 is 11.3 Å². The number of carboxylic acid groups (broad SMARTS) is 1. The second-order valence-electron chi connectivity index (χ2n) is 5.12. The van der Waals surface area contributed by atoms with E-state index in [4.69, 9.17) is 5.11 Å². The highest BCUT2D eigenvalue weighted by atomic mass is 32.1. The van der Waals surface area contributed by atoms with E-state index in [1.807, 2.05) is 12.3 Å². The van der Waals surface area contributed by atoms with Crippen LogP contribution in [0.15, 0.2) is 17.5 Å². The van der Waals surface area contributed by atoms with Crippen molar-refractivity contribution in [3.63, 3.8) is 0 Å². The summed E-state index contributed by atoms with van der Waals surface area (Å²) in [6.45, 7) is 2.55. The molecule has 0 unspecified atom stereocenters. The molecule has 6 heteroatoms. The van der Waals surface area contributed by atoms with Crippen LogP contribution in [0.3, 0.4) is 0 Å². The van der Waals surface area contributed by atoms with Crippen molar-refractivity contribution in [1.82, 2.24) is 4.90 Å². The largest absolute Gasteiger partial charge is 0.481 e. The van der Waals surface area contributed by atoms with Crippen molar-refractivity contribution >= 4 is 29.0 Å². The minimum atomic E-state index is -0.859. The molecule has 2 heterocycles. The maximum absolute atomic E-state index is 12.0. The lowest BCUT2D eigenvalue weighted by atomic mass is 9.99. The zero-order valence-electron chi connectivity index (χ0n) is 11.2. The summed E-state index contributed by atoms with van der Waals surface area (Å²) in [5.74, 6) is -1.56. The normalized spacial score (nSPS) is 21.9. The van der Waals surface area contributed by atoms with Crippen LogP contribution in [0, 0.1) is 11.8 Å². The van der Waals surface area contributed by atoms with Crippen molar-refractivity contribution in [3.05, 3.63) is 22.4 Å². The average molecular weight is 295 g/mol. The van der Waals surface area contributed by atoms with Crippen molar-refractivity contribution < 1.29 is 19.5 Å².